The Hall–Kier alpha value is -4.26. The molecule has 0 unspecified atom stereocenters. The third-order valence-electron chi connectivity index (χ3n) is 5.40. The van der Waals surface area contributed by atoms with Gasteiger partial charge < -0.3 is 20.9 Å². The van der Waals surface area contributed by atoms with Crippen molar-refractivity contribution in [2.24, 2.45) is 0 Å². The largest absolute Gasteiger partial charge is 0.383 e. The summed E-state index contributed by atoms with van der Waals surface area (Å²) >= 11 is 0. The number of nitrogen functional groups attached to an aromatic ring is 1. The molecular formula is C24H22N6O. The second-order valence-electron chi connectivity index (χ2n) is 7.30. The summed E-state index contributed by atoms with van der Waals surface area (Å²) in [5, 5.41) is 15.2. The first-order valence-corrected chi connectivity index (χ1v) is 10.1. The number of amides is 1. The van der Waals surface area contributed by atoms with Gasteiger partial charge in [-0.1, -0.05) is 36.4 Å². The van der Waals surface area contributed by atoms with E-state index in [9.17, 15) is 4.79 Å². The van der Waals surface area contributed by atoms with Crippen molar-refractivity contribution in [2.75, 3.05) is 16.4 Å². The zero-order valence-electron chi connectivity index (χ0n) is 17.0. The van der Waals surface area contributed by atoms with E-state index < -0.39 is 0 Å². The number of anilines is 4. The van der Waals surface area contributed by atoms with Crippen molar-refractivity contribution >= 4 is 50.7 Å². The van der Waals surface area contributed by atoms with Crippen molar-refractivity contribution in [1.29, 1.82) is 0 Å². The second-order valence-corrected chi connectivity index (χ2v) is 7.30. The molecule has 5 aromatic rings. The van der Waals surface area contributed by atoms with Gasteiger partial charge in [-0.3, -0.25) is 9.89 Å². The Balaban J connectivity index is 1.49. The SMILES string of the molecule is CCn1c2ccccc2c2cc(NC(=O)c3c(Nc4ccccc4)n[nH]c3N)ccc21. The van der Waals surface area contributed by atoms with Gasteiger partial charge >= 0.3 is 0 Å². The molecule has 0 aliphatic heterocycles. The predicted octanol–water partition coefficient (Wildman–Crippen LogP) is 5.12. The van der Waals surface area contributed by atoms with Crippen LogP contribution in [0.2, 0.25) is 0 Å². The highest BCUT2D eigenvalue weighted by atomic mass is 16.1. The molecule has 0 saturated heterocycles. The molecule has 0 spiro atoms. The van der Waals surface area contributed by atoms with Gasteiger partial charge in [0.05, 0.1) is 0 Å². The highest BCUT2D eigenvalue weighted by Crippen LogP contribution is 2.31. The molecule has 5 rings (SSSR count). The highest BCUT2D eigenvalue weighted by Gasteiger charge is 2.20. The van der Waals surface area contributed by atoms with Crippen LogP contribution in [-0.4, -0.2) is 20.7 Å². The van der Waals surface area contributed by atoms with E-state index in [4.69, 9.17) is 5.73 Å². The molecule has 154 valence electrons. The number of carbonyl (C=O) groups is 1. The summed E-state index contributed by atoms with van der Waals surface area (Å²) in [6.45, 7) is 3.00. The summed E-state index contributed by atoms with van der Waals surface area (Å²) in [7, 11) is 0. The molecule has 5 N–H and O–H groups in total. The molecule has 7 nitrogen and oxygen atoms in total. The molecule has 0 saturated carbocycles. The number of nitrogens with two attached hydrogens (primary N) is 1. The molecule has 2 aromatic heterocycles. The molecule has 31 heavy (non-hydrogen) atoms. The van der Waals surface area contributed by atoms with Crippen molar-refractivity contribution in [2.45, 2.75) is 13.5 Å². The van der Waals surface area contributed by atoms with Crippen molar-refractivity contribution in [3.05, 3.63) is 78.4 Å². The van der Waals surface area contributed by atoms with Crippen molar-refractivity contribution in [3.8, 4) is 0 Å². The lowest BCUT2D eigenvalue weighted by Gasteiger charge is -2.09. The van der Waals surface area contributed by atoms with E-state index in [1.54, 1.807) is 0 Å². The maximum absolute atomic E-state index is 13.1. The van der Waals surface area contributed by atoms with E-state index >= 15 is 0 Å². The van der Waals surface area contributed by atoms with Crippen LogP contribution in [0.15, 0.2) is 72.8 Å². The number of carbonyl (C=O) groups excluding carboxylic acids is 1. The molecule has 0 aliphatic rings. The van der Waals surface area contributed by atoms with Crippen LogP contribution in [0, 0.1) is 0 Å². The molecule has 2 heterocycles. The summed E-state index contributed by atoms with van der Waals surface area (Å²) < 4.78 is 2.27. The summed E-state index contributed by atoms with van der Waals surface area (Å²) in [5.41, 5.74) is 10.1. The lowest BCUT2D eigenvalue weighted by Crippen LogP contribution is -2.14. The Kier molecular flexibility index (Phi) is 4.55. The van der Waals surface area contributed by atoms with E-state index in [1.807, 2.05) is 60.7 Å². The number of nitrogens with zero attached hydrogens (tertiary/aromatic N) is 2. The monoisotopic (exact) mass is 410 g/mol. The maximum atomic E-state index is 13.1. The molecular weight excluding hydrogens is 388 g/mol. The second kappa shape index (κ2) is 7.53. The fourth-order valence-corrected chi connectivity index (χ4v) is 4.00. The minimum absolute atomic E-state index is 0.208. The van der Waals surface area contributed by atoms with E-state index in [-0.39, 0.29) is 17.3 Å². The summed E-state index contributed by atoms with van der Waals surface area (Å²) in [6, 6.07) is 23.7. The quantitative estimate of drug-likeness (QED) is 0.323. The Morgan fingerprint density at radius 2 is 1.71 bits per heavy atom. The number of aromatic nitrogens is 3. The number of benzene rings is 3. The standard InChI is InChI=1S/C24H22N6O/c1-2-30-19-11-7-6-10-17(19)18-14-16(12-13-20(18)30)27-24(31)21-22(25)28-29-23(21)26-15-8-4-3-5-9-15/h3-14H,2H2,1H3,(H,27,31)(H4,25,26,28,29). The third kappa shape index (κ3) is 3.26. The zero-order chi connectivity index (χ0) is 21.4. The number of para-hydroxylation sites is 2. The molecule has 0 aliphatic carbocycles. The number of fused-ring (bicyclic) bond motifs is 3. The van der Waals surface area contributed by atoms with E-state index in [2.05, 4.69) is 44.5 Å². The first kappa shape index (κ1) is 18.7. The molecule has 7 heteroatoms. The Morgan fingerprint density at radius 3 is 2.52 bits per heavy atom. The van der Waals surface area contributed by atoms with Gasteiger partial charge in [-0.25, -0.2) is 0 Å². The highest BCUT2D eigenvalue weighted by molar-refractivity contribution is 6.13. The van der Waals surface area contributed by atoms with Crippen LogP contribution in [0.1, 0.15) is 17.3 Å². The van der Waals surface area contributed by atoms with Crippen LogP contribution in [-0.2, 0) is 6.54 Å². The van der Waals surface area contributed by atoms with Gasteiger partial charge in [0.25, 0.3) is 5.91 Å². The molecule has 3 aromatic carbocycles. The molecule has 0 atom stereocenters. The van der Waals surface area contributed by atoms with Crippen LogP contribution in [0.4, 0.5) is 23.0 Å². The smallest absolute Gasteiger partial charge is 0.263 e. The summed E-state index contributed by atoms with van der Waals surface area (Å²) in [4.78, 5) is 13.1. The van der Waals surface area contributed by atoms with Crippen LogP contribution in [0.5, 0.6) is 0 Å². The number of hydrogen-bond acceptors (Lipinski definition) is 4. The van der Waals surface area contributed by atoms with E-state index in [0.29, 0.717) is 11.5 Å². The van der Waals surface area contributed by atoms with Crippen molar-refractivity contribution in [3.63, 3.8) is 0 Å². The average Bonchev–Trinajstić information content (AvgIpc) is 3.31. The lowest BCUT2D eigenvalue weighted by molar-refractivity contribution is 0.102. The van der Waals surface area contributed by atoms with Gasteiger partial charge in [0.15, 0.2) is 5.82 Å². The minimum Gasteiger partial charge on any atom is -0.383 e. The molecule has 0 bridgehead atoms. The number of rotatable bonds is 5. The first-order valence-electron chi connectivity index (χ1n) is 10.1. The van der Waals surface area contributed by atoms with Gasteiger partial charge in [0, 0.05) is 39.7 Å². The van der Waals surface area contributed by atoms with E-state index in [0.717, 1.165) is 28.5 Å². The van der Waals surface area contributed by atoms with Gasteiger partial charge in [-0.05, 0) is 43.3 Å². The number of aryl methyl sites for hydroxylation is 1. The number of hydrogen-bond donors (Lipinski definition) is 4. The first-order chi connectivity index (χ1) is 15.2. The molecule has 1 amide bonds. The molecule has 0 fully saturated rings. The fourth-order valence-electron chi connectivity index (χ4n) is 4.00. The normalized spacial score (nSPS) is 11.1. The molecule has 0 radical (unpaired) electrons. The lowest BCUT2D eigenvalue weighted by atomic mass is 10.1. The van der Waals surface area contributed by atoms with Gasteiger partial charge in [-0.2, -0.15) is 5.10 Å². The summed E-state index contributed by atoms with van der Waals surface area (Å²) in [5.74, 6) is 0.257. The van der Waals surface area contributed by atoms with Crippen LogP contribution >= 0.6 is 0 Å². The van der Waals surface area contributed by atoms with Gasteiger partial charge in [0.1, 0.15) is 11.4 Å². The van der Waals surface area contributed by atoms with Crippen molar-refractivity contribution in [1.82, 2.24) is 14.8 Å². The minimum atomic E-state index is -0.330. The van der Waals surface area contributed by atoms with Crippen LogP contribution in [0.3, 0.4) is 0 Å². The zero-order valence-corrected chi connectivity index (χ0v) is 17.0. The number of aromatic amines is 1. The van der Waals surface area contributed by atoms with Gasteiger partial charge in [0.2, 0.25) is 0 Å². The average molecular weight is 410 g/mol. The fraction of sp³-hybridized carbons (Fsp3) is 0.0833. The number of nitrogens with one attached hydrogen (secondary N) is 3. The maximum Gasteiger partial charge on any atom is 0.263 e. The Morgan fingerprint density at radius 1 is 0.968 bits per heavy atom. The Labute approximate surface area is 178 Å². The van der Waals surface area contributed by atoms with Gasteiger partial charge in [-0.15, -0.1) is 0 Å². The number of H-pyrrole nitrogens is 1. The predicted molar refractivity (Wildman–Crippen MR) is 126 cm³/mol. The Bertz CT molecular complexity index is 1400. The third-order valence-corrected chi connectivity index (χ3v) is 5.40. The van der Waals surface area contributed by atoms with Crippen LogP contribution in [0.25, 0.3) is 21.8 Å². The topological polar surface area (TPSA) is 101 Å². The summed E-state index contributed by atoms with van der Waals surface area (Å²) in [6.07, 6.45) is 0. The van der Waals surface area contributed by atoms with Crippen LogP contribution < -0.4 is 16.4 Å². The van der Waals surface area contributed by atoms with E-state index in [1.165, 1.54) is 5.52 Å². The van der Waals surface area contributed by atoms with Crippen molar-refractivity contribution < 1.29 is 4.79 Å².